The standard InChI is InChI=1S/C8H17N2.C7H9N2.C7H16NO.C7H16N.2CH4.Rb/c1-2-10-6-3-9(4-7-10)5-8-10;1-9(2)7-3-5-8-6-4-7;1-3-8(2)4-6-9-7-5-8;1-3-8(2)6-4-5-7-8;;;/h2-8H2,1H3;3-6H,1H2,2H3;3-7H2,1-2H3;3-7H2,1-2H3;2*1H4;/q4*+1;;;+1/p+1. The van der Waals surface area contributed by atoms with Crippen LogP contribution in [-0.2, 0) is 4.74 Å². The number of piperazine rings is 3. The number of aromatic nitrogens is 1. The first-order valence-corrected chi connectivity index (χ1v) is 14.5. The summed E-state index contributed by atoms with van der Waals surface area (Å²) in [5.74, 6) is 0. The van der Waals surface area contributed by atoms with E-state index in [1.807, 2.05) is 36.1 Å². The molecule has 5 aliphatic heterocycles. The Morgan fingerprint density at radius 2 is 1.23 bits per heavy atom. The zero-order valence-corrected chi connectivity index (χ0v) is 30.6. The summed E-state index contributed by atoms with van der Waals surface area (Å²) in [6.45, 7) is 29.9. The summed E-state index contributed by atoms with van der Waals surface area (Å²) in [5.41, 5.74) is 1.11. The second-order valence-corrected chi connectivity index (χ2v) is 11.7. The first-order valence-electron chi connectivity index (χ1n) is 14.5. The maximum absolute atomic E-state index is 5.25. The normalized spacial score (nSPS) is 25.2. The molecule has 0 amide bonds. The summed E-state index contributed by atoms with van der Waals surface area (Å²) in [7, 11) is 6.56. The molecule has 1 aromatic heterocycles. The van der Waals surface area contributed by atoms with Crippen LogP contribution in [0.4, 0.5) is 5.69 Å². The van der Waals surface area contributed by atoms with E-state index in [-0.39, 0.29) is 73.0 Å². The van der Waals surface area contributed by atoms with Gasteiger partial charge in [-0.25, -0.2) is 9.56 Å². The number of aromatic amines is 1. The number of hydrogen-bond donors (Lipinski definition) is 0. The fourth-order valence-corrected chi connectivity index (χ4v) is 5.35. The number of fused-ring (bicyclic) bond motifs is 3. The maximum Gasteiger partial charge on any atom is 1.00 e. The van der Waals surface area contributed by atoms with E-state index in [4.69, 9.17) is 4.74 Å². The number of nitrogens with one attached hydrogen (secondary N) is 1. The molecule has 0 unspecified atom stereocenters. The summed E-state index contributed by atoms with van der Waals surface area (Å²) in [4.78, 5) is 5.53. The second-order valence-electron chi connectivity index (χ2n) is 11.7. The Morgan fingerprint density at radius 1 is 0.795 bits per heavy atom. The van der Waals surface area contributed by atoms with Crippen LogP contribution in [0.15, 0.2) is 24.5 Å². The third-order valence-electron chi connectivity index (χ3n) is 9.21. The Kier molecular flexibility index (Phi) is 22.6. The van der Waals surface area contributed by atoms with Crippen LogP contribution in [0.25, 0.3) is 0 Å². The fraction of sp³-hybridized carbons (Fsp3) is 0.806. The maximum atomic E-state index is 5.25. The van der Waals surface area contributed by atoms with Crippen LogP contribution in [-0.4, -0.2) is 149 Å². The minimum absolute atomic E-state index is 0. The minimum atomic E-state index is 0. The summed E-state index contributed by atoms with van der Waals surface area (Å²) < 4.78 is 11.0. The molecule has 0 aliphatic carbocycles. The molecule has 5 aliphatic rings. The van der Waals surface area contributed by atoms with E-state index in [1.54, 1.807) is 0 Å². The molecular weight excluding hydrogens is 558 g/mol. The second kappa shape index (κ2) is 21.2. The Morgan fingerprint density at radius 3 is 1.51 bits per heavy atom. The molecule has 8 heteroatoms. The molecule has 1 aromatic rings. The number of likely N-dealkylation sites (N-methyl/N-ethyl adjacent to an activating group) is 2. The van der Waals surface area contributed by atoms with Crippen molar-refractivity contribution in [2.75, 3.05) is 119 Å². The van der Waals surface area contributed by atoms with Gasteiger partial charge >= 0.3 is 58.2 Å². The van der Waals surface area contributed by atoms with Gasteiger partial charge in [-0.05, 0) is 20.8 Å². The van der Waals surface area contributed by atoms with Crippen molar-refractivity contribution in [1.29, 1.82) is 0 Å². The van der Waals surface area contributed by atoms with Crippen molar-refractivity contribution < 1.29 is 85.9 Å². The Balaban J connectivity index is 0. The molecule has 222 valence electrons. The van der Waals surface area contributed by atoms with E-state index in [9.17, 15) is 0 Å². The van der Waals surface area contributed by atoms with Gasteiger partial charge in [0.05, 0.1) is 91.8 Å². The predicted molar refractivity (Wildman–Crippen MR) is 164 cm³/mol. The molecule has 5 fully saturated rings. The van der Waals surface area contributed by atoms with Crippen molar-refractivity contribution >= 4 is 12.4 Å². The number of ether oxygens (including phenoxy) is 1. The topological polar surface area (TPSA) is 29.6 Å². The van der Waals surface area contributed by atoms with Crippen molar-refractivity contribution in [1.82, 2.24) is 4.90 Å². The number of likely N-dealkylation sites (tertiary alicyclic amines) is 1. The smallest absolute Gasteiger partial charge is 0.370 e. The van der Waals surface area contributed by atoms with Crippen molar-refractivity contribution in [2.45, 2.75) is 48.5 Å². The summed E-state index contributed by atoms with van der Waals surface area (Å²) in [5, 5.41) is 0. The molecule has 0 radical (unpaired) electrons. The summed E-state index contributed by atoms with van der Waals surface area (Å²) in [6.07, 6.45) is 6.64. The molecule has 0 saturated carbocycles. The number of morpholine rings is 1. The van der Waals surface area contributed by atoms with E-state index in [2.05, 4.69) is 51.5 Å². The van der Waals surface area contributed by atoms with Crippen LogP contribution in [0.5, 0.6) is 0 Å². The van der Waals surface area contributed by atoms with Gasteiger partial charge in [-0.15, -0.1) is 0 Å². The number of H-pyrrole nitrogens is 1. The van der Waals surface area contributed by atoms with Gasteiger partial charge in [-0.1, -0.05) is 14.9 Å². The van der Waals surface area contributed by atoms with Crippen molar-refractivity contribution in [2.24, 2.45) is 0 Å². The van der Waals surface area contributed by atoms with Crippen LogP contribution in [0, 0.1) is 0 Å². The van der Waals surface area contributed by atoms with E-state index < -0.39 is 0 Å². The number of quaternary nitrogens is 3. The largest absolute Gasteiger partial charge is 1.00 e. The molecule has 5 saturated heterocycles. The van der Waals surface area contributed by atoms with Gasteiger partial charge in [0.25, 0.3) is 0 Å². The first kappa shape index (κ1) is 41.6. The predicted octanol–water partition coefficient (Wildman–Crippen LogP) is 0.633. The van der Waals surface area contributed by atoms with Gasteiger partial charge in [-0.3, -0.25) is 4.90 Å². The van der Waals surface area contributed by atoms with Gasteiger partial charge < -0.3 is 18.2 Å². The fourth-order valence-electron chi connectivity index (χ4n) is 5.35. The van der Waals surface area contributed by atoms with Crippen molar-refractivity contribution in [3.63, 3.8) is 0 Å². The molecular formula is C31H67N6ORb+6. The molecule has 0 spiro atoms. The Hall–Kier alpha value is 0.425. The molecule has 7 nitrogen and oxygen atoms in total. The monoisotopic (exact) mass is 624 g/mol. The number of nitrogens with zero attached hydrogens (tertiary/aromatic N) is 5. The molecule has 6 rings (SSSR count). The number of hydrogen-bond acceptors (Lipinski definition) is 2. The number of pyridine rings is 1. The zero-order chi connectivity index (χ0) is 26.5. The molecule has 39 heavy (non-hydrogen) atoms. The summed E-state index contributed by atoms with van der Waals surface area (Å²) in [6, 6.07) is 3.93. The SMILES string of the molecule is C.C.C=[N+](C)c1cc[nH+]cc1.CC[N+]1(C)CCCC1.CC[N+]1(C)CCOCC1.CC[N+]12CCN(CC1)CC2.[Rb+]. The van der Waals surface area contributed by atoms with Crippen LogP contribution in [0.1, 0.15) is 48.5 Å². The first-order chi connectivity index (χ1) is 17.2. The van der Waals surface area contributed by atoms with E-state index in [0.717, 1.165) is 18.9 Å². The van der Waals surface area contributed by atoms with Crippen molar-refractivity contribution in [3.8, 4) is 0 Å². The van der Waals surface area contributed by atoms with Crippen LogP contribution in [0.2, 0.25) is 0 Å². The van der Waals surface area contributed by atoms with E-state index in [1.165, 1.54) is 111 Å². The average molecular weight is 625 g/mol. The molecule has 0 aromatic carbocycles. The summed E-state index contributed by atoms with van der Waals surface area (Å²) >= 11 is 0. The zero-order valence-electron chi connectivity index (χ0n) is 25.7. The van der Waals surface area contributed by atoms with Gasteiger partial charge in [0, 0.05) is 32.5 Å². The van der Waals surface area contributed by atoms with Crippen LogP contribution < -0.4 is 63.2 Å². The molecule has 6 heterocycles. The van der Waals surface area contributed by atoms with E-state index in [0.29, 0.717) is 0 Å². The third kappa shape index (κ3) is 14.9. The van der Waals surface area contributed by atoms with Gasteiger partial charge in [-0.2, -0.15) is 0 Å². The van der Waals surface area contributed by atoms with Crippen LogP contribution in [0.3, 0.4) is 0 Å². The number of rotatable bonds is 4. The minimum Gasteiger partial charge on any atom is -0.370 e. The average Bonchev–Trinajstić information content (AvgIpc) is 3.39. The molecule has 1 N–H and O–H groups in total. The van der Waals surface area contributed by atoms with Crippen molar-refractivity contribution in [3.05, 3.63) is 24.5 Å². The van der Waals surface area contributed by atoms with Gasteiger partial charge in [0.2, 0.25) is 5.69 Å². The molecule has 0 atom stereocenters. The van der Waals surface area contributed by atoms with E-state index >= 15 is 0 Å². The van der Waals surface area contributed by atoms with Crippen LogP contribution >= 0.6 is 0 Å². The third-order valence-corrected chi connectivity index (χ3v) is 9.21. The Bertz CT molecular complexity index is 729. The molecule has 2 bridgehead atoms. The Labute approximate surface area is 292 Å². The van der Waals surface area contributed by atoms with Gasteiger partial charge in [0.1, 0.15) is 26.9 Å². The van der Waals surface area contributed by atoms with Gasteiger partial charge in [0.15, 0.2) is 12.4 Å². The quantitative estimate of drug-likeness (QED) is 0.280.